The quantitative estimate of drug-likeness (QED) is 0.334. The molecule has 1 N–H and O–H groups in total. The Kier molecular flexibility index (Phi) is 5.83. The fraction of sp³-hybridized carbons (Fsp3) is 0.294. The number of hydrogen-bond donors (Lipinski definition) is 1. The van der Waals surface area contributed by atoms with E-state index in [4.69, 9.17) is 10.6 Å². The minimum atomic E-state index is -0.161. The van der Waals surface area contributed by atoms with Gasteiger partial charge in [-0.3, -0.25) is 0 Å². The molecule has 0 aliphatic carbocycles. The molecule has 0 fully saturated rings. The van der Waals surface area contributed by atoms with E-state index in [1.54, 1.807) is 0 Å². The fourth-order valence-electron chi connectivity index (χ4n) is 2.33. The summed E-state index contributed by atoms with van der Waals surface area (Å²) < 4.78 is 0. The van der Waals surface area contributed by atoms with E-state index in [1.165, 1.54) is 5.56 Å². The fourth-order valence-corrected chi connectivity index (χ4v) is 2.33. The molecular formula is C17H19N3O. The van der Waals surface area contributed by atoms with E-state index in [9.17, 15) is 0 Å². The van der Waals surface area contributed by atoms with Crippen molar-refractivity contribution in [3.8, 4) is 11.1 Å². The van der Waals surface area contributed by atoms with Crippen LogP contribution in [0, 0.1) is 0 Å². The summed E-state index contributed by atoms with van der Waals surface area (Å²) in [6, 6.07) is 18.1. The number of azide groups is 1. The van der Waals surface area contributed by atoms with E-state index in [-0.39, 0.29) is 12.6 Å². The third-order valence-electron chi connectivity index (χ3n) is 3.48. The van der Waals surface area contributed by atoms with Crippen molar-refractivity contribution in [2.75, 3.05) is 6.61 Å². The lowest BCUT2D eigenvalue weighted by Crippen LogP contribution is -1.96. The van der Waals surface area contributed by atoms with E-state index >= 15 is 0 Å². The molecule has 2 rings (SSSR count). The molecule has 0 amide bonds. The third-order valence-corrected chi connectivity index (χ3v) is 3.48. The maximum absolute atomic E-state index is 8.84. The van der Waals surface area contributed by atoms with Crippen LogP contribution in [0.4, 0.5) is 0 Å². The minimum absolute atomic E-state index is 0.161. The average molecular weight is 281 g/mol. The highest BCUT2D eigenvalue weighted by Crippen LogP contribution is 2.27. The monoisotopic (exact) mass is 281 g/mol. The largest absolute Gasteiger partial charge is 0.396 e. The van der Waals surface area contributed by atoms with Crippen molar-refractivity contribution in [1.29, 1.82) is 0 Å². The Balaban J connectivity index is 2.13. The van der Waals surface area contributed by atoms with E-state index in [0.29, 0.717) is 0 Å². The van der Waals surface area contributed by atoms with Gasteiger partial charge < -0.3 is 5.11 Å². The van der Waals surface area contributed by atoms with Crippen molar-refractivity contribution in [3.63, 3.8) is 0 Å². The van der Waals surface area contributed by atoms with Crippen molar-refractivity contribution in [1.82, 2.24) is 0 Å². The van der Waals surface area contributed by atoms with Crippen LogP contribution in [0.15, 0.2) is 59.7 Å². The maximum atomic E-state index is 8.84. The first-order chi connectivity index (χ1) is 10.3. The second kappa shape index (κ2) is 8.10. The van der Waals surface area contributed by atoms with Crippen LogP contribution in [0.2, 0.25) is 0 Å². The molecule has 0 aromatic heterocycles. The van der Waals surface area contributed by atoms with Gasteiger partial charge in [-0.2, -0.15) is 0 Å². The topological polar surface area (TPSA) is 69.0 Å². The first-order valence-corrected chi connectivity index (χ1v) is 7.15. The molecule has 2 aromatic rings. The molecule has 21 heavy (non-hydrogen) atoms. The Bertz CT molecular complexity index is 589. The van der Waals surface area contributed by atoms with Gasteiger partial charge in [-0.15, -0.1) is 0 Å². The molecule has 0 spiro atoms. The summed E-state index contributed by atoms with van der Waals surface area (Å²) in [5.41, 5.74) is 12.0. The van der Waals surface area contributed by atoms with Crippen LogP contribution in [0.3, 0.4) is 0 Å². The summed E-state index contributed by atoms with van der Waals surface area (Å²) in [5, 5.41) is 12.7. The summed E-state index contributed by atoms with van der Waals surface area (Å²) >= 11 is 0. The van der Waals surface area contributed by atoms with E-state index in [1.807, 2.05) is 30.3 Å². The second-order valence-electron chi connectivity index (χ2n) is 4.93. The van der Waals surface area contributed by atoms with Gasteiger partial charge in [0.15, 0.2) is 0 Å². The minimum Gasteiger partial charge on any atom is -0.396 e. The lowest BCUT2D eigenvalue weighted by molar-refractivity contribution is 0.281. The van der Waals surface area contributed by atoms with E-state index in [0.717, 1.165) is 30.4 Å². The molecule has 108 valence electrons. The number of rotatable bonds is 7. The molecule has 0 aliphatic rings. The number of nitrogens with zero attached hydrogens (tertiary/aromatic N) is 3. The summed E-state index contributed by atoms with van der Waals surface area (Å²) in [4.78, 5) is 2.93. The zero-order valence-electron chi connectivity index (χ0n) is 11.9. The van der Waals surface area contributed by atoms with Gasteiger partial charge in [-0.25, -0.2) is 0 Å². The number of benzene rings is 2. The van der Waals surface area contributed by atoms with Crippen LogP contribution in [0.5, 0.6) is 0 Å². The lowest BCUT2D eigenvalue weighted by Gasteiger charge is -2.12. The summed E-state index contributed by atoms with van der Waals surface area (Å²) in [5.74, 6) is 0. The maximum Gasteiger partial charge on any atom is 0.0625 e. The van der Waals surface area contributed by atoms with E-state index in [2.05, 4.69) is 34.3 Å². The normalized spacial score (nSPS) is 11.7. The number of hydrogen-bond acceptors (Lipinski definition) is 2. The molecule has 0 heterocycles. The number of unbranched alkanes of at least 4 members (excludes halogenated alkanes) is 1. The molecule has 0 radical (unpaired) electrons. The zero-order chi connectivity index (χ0) is 14.9. The van der Waals surface area contributed by atoms with Crippen LogP contribution in [0.1, 0.15) is 30.9 Å². The molecule has 2 aromatic carbocycles. The molecule has 0 aliphatic heterocycles. The summed E-state index contributed by atoms with van der Waals surface area (Å²) in [6.45, 7) is 0.177. The number of aliphatic hydroxyl groups is 1. The first-order valence-electron chi connectivity index (χ1n) is 7.15. The lowest BCUT2D eigenvalue weighted by atomic mass is 9.98. The molecular weight excluding hydrogens is 262 g/mol. The summed E-state index contributed by atoms with van der Waals surface area (Å²) in [6.07, 6.45) is 2.34. The average Bonchev–Trinajstić information content (AvgIpc) is 2.55. The van der Waals surface area contributed by atoms with Crippen molar-refractivity contribution >= 4 is 0 Å². The van der Waals surface area contributed by atoms with Crippen LogP contribution in [0.25, 0.3) is 21.6 Å². The Morgan fingerprint density at radius 3 is 2.24 bits per heavy atom. The molecule has 0 saturated carbocycles. The zero-order valence-corrected chi connectivity index (χ0v) is 11.9. The SMILES string of the molecule is [N-]=[N+]=NC(CCCCO)c1ccc(-c2ccccc2)cc1. The Morgan fingerprint density at radius 2 is 1.62 bits per heavy atom. The third kappa shape index (κ3) is 4.35. The Hall–Kier alpha value is -2.29. The van der Waals surface area contributed by atoms with Crippen molar-refractivity contribution in [2.24, 2.45) is 5.11 Å². The van der Waals surface area contributed by atoms with E-state index < -0.39 is 0 Å². The predicted octanol–water partition coefficient (Wildman–Crippen LogP) is 4.87. The molecule has 0 saturated heterocycles. The Labute approximate surface area is 124 Å². The van der Waals surface area contributed by atoms with Crippen LogP contribution < -0.4 is 0 Å². The van der Waals surface area contributed by atoms with Gasteiger partial charge in [-0.05, 0) is 35.1 Å². The molecule has 1 unspecified atom stereocenters. The smallest absolute Gasteiger partial charge is 0.0625 e. The molecule has 0 bridgehead atoms. The molecule has 1 atom stereocenters. The molecule has 4 nitrogen and oxygen atoms in total. The van der Waals surface area contributed by atoms with Gasteiger partial charge in [0.2, 0.25) is 0 Å². The van der Waals surface area contributed by atoms with Gasteiger partial charge in [0.1, 0.15) is 0 Å². The van der Waals surface area contributed by atoms with Gasteiger partial charge >= 0.3 is 0 Å². The Morgan fingerprint density at radius 1 is 0.952 bits per heavy atom. The highest BCUT2D eigenvalue weighted by atomic mass is 16.2. The van der Waals surface area contributed by atoms with Gasteiger partial charge in [-0.1, -0.05) is 66.1 Å². The van der Waals surface area contributed by atoms with Crippen molar-refractivity contribution in [2.45, 2.75) is 25.3 Å². The van der Waals surface area contributed by atoms with Gasteiger partial charge in [0, 0.05) is 11.5 Å². The van der Waals surface area contributed by atoms with Crippen LogP contribution in [-0.2, 0) is 0 Å². The van der Waals surface area contributed by atoms with Gasteiger partial charge in [0.25, 0.3) is 0 Å². The van der Waals surface area contributed by atoms with Crippen LogP contribution >= 0.6 is 0 Å². The van der Waals surface area contributed by atoms with Crippen molar-refractivity contribution in [3.05, 3.63) is 70.6 Å². The second-order valence-corrected chi connectivity index (χ2v) is 4.93. The standard InChI is InChI=1S/C17H19N3O/c18-20-19-17(8-4-5-13-21)16-11-9-15(10-12-16)14-6-2-1-3-7-14/h1-3,6-7,9-12,17,21H,4-5,8,13H2. The van der Waals surface area contributed by atoms with Gasteiger partial charge in [0.05, 0.1) is 6.04 Å². The summed E-state index contributed by atoms with van der Waals surface area (Å²) in [7, 11) is 0. The molecule has 4 heteroatoms. The highest BCUT2D eigenvalue weighted by Gasteiger charge is 2.09. The number of aliphatic hydroxyl groups excluding tert-OH is 1. The highest BCUT2D eigenvalue weighted by molar-refractivity contribution is 5.63. The van der Waals surface area contributed by atoms with Crippen LogP contribution in [-0.4, -0.2) is 11.7 Å². The first kappa shape index (κ1) is 15.1. The van der Waals surface area contributed by atoms with Crippen molar-refractivity contribution < 1.29 is 5.11 Å². The predicted molar refractivity (Wildman–Crippen MR) is 84.7 cm³/mol.